The molecule has 1 aliphatic heterocycles. The number of benzene rings is 1. The van der Waals surface area contributed by atoms with Crippen molar-refractivity contribution in [2.45, 2.75) is 31.3 Å². The van der Waals surface area contributed by atoms with Crippen molar-refractivity contribution < 1.29 is 4.79 Å². The standard InChI is InChI=1S/C16H23NOS2/c1-3-5-10-17(4-2)15(18)13-6-8-14(9-7-13)16-19-11-12-20-16/h6-9,16H,3-5,10-12H2,1-2H3. The minimum Gasteiger partial charge on any atom is -0.339 e. The number of nitrogens with zero attached hydrogens (tertiary/aromatic N) is 1. The lowest BCUT2D eigenvalue weighted by Gasteiger charge is -2.21. The van der Waals surface area contributed by atoms with Crippen molar-refractivity contribution in [2.24, 2.45) is 0 Å². The fourth-order valence-electron chi connectivity index (χ4n) is 2.27. The van der Waals surface area contributed by atoms with E-state index >= 15 is 0 Å². The van der Waals surface area contributed by atoms with Gasteiger partial charge in [-0.2, -0.15) is 0 Å². The van der Waals surface area contributed by atoms with E-state index < -0.39 is 0 Å². The highest BCUT2D eigenvalue weighted by molar-refractivity contribution is 8.19. The highest BCUT2D eigenvalue weighted by atomic mass is 32.2. The molecule has 110 valence electrons. The molecular weight excluding hydrogens is 286 g/mol. The molecule has 1 heterocycles. The van der Waals surface area contributed by atoms with Gasteiger partial charge in [-0.25, -0.2) is 0 Å². The van der Waals surface area contributed by atoms with Crippen molar-refractivity contribution in [3.63, 3.8) is 0 Å². The van der Waals surface area contributed by atoms with Gasteiger partial charge >= 0.3 is 0 Å². The highest BCUT2D eigenvalue weighted by Gasteiger charge is 2.19. The van der Waals surface area contributed by atoms with E-state index in [1.54, 1.807) is 0 Å². The van der Waals surface area contributed by atoms with Crippen molar-refractivity contribution in [3.8, 4) is 0 Å². The van der Waals surface area contributed by atoms with Crippen molar-refractivity contribution in [1.29, 1.82) is 0 Å². The Labute approximate surface area is 130 Å². The number of rotatable bonds is 6. The van der Waals surface area contributed by atoms with Crippen LogP contribution in [0.1, 0.15) is 47.2 Å². The molecule has 20 heavy (non-hydrogen) atoms. The molecule has 0 unspecified atom stereocenters. The first kappa shape index (κ1) is 15.8. The largest absolute Gasteiger partial charge is 0.339 e. The van der Waals surface area contributed by atoms with Gasteiger partial charge in [0.1, 0.15) is 0 Å². The molecule has 0 saturated carbocycles. The summed E-state index contributed by atoms with van der Waals surface area (Å²) < 4.78 is 0.557. The van der Waals surface area contributed by atoms with Crippen LogP contribution >= 0.6 is 23.5 Å². The first-order valence-corrected chi connectivity index (χ1v) is 9.48. The lowest BCUT2D eigenvalue weighted by molar-refractivity contribution is 0.0762. The van der Waals surface area contributed by atoms with E-state index in [-0.39, 0.29) is 5.91 Å². The van der Waals surface area contributed by atoms with Crippen molar-refractivity contribution in [3.05, 3.63) is 35.4 Å². The summed E-state index contributed by atoms with van der Waals surface area (Å²) in [6, 6.07) is 8.23. The molecule has 0 spiro atoms. The Morgan fingerprint density at radius 2 is 1.85 bits per heavy atom. The Balaban J connectivity index is 2.02. The second-order valence-electron chi connectivity index (χ2n) is 4.93. The second-order valence-corrected chi connectivity index (χ2v) is 7.66. The summed E-state index contributed by atoms with van der Waals surface area (Å²) in [7, 11) is 0. The number of hydrogen-bond donors (Lipinski definition) is 0. The van der Waals surface area contributed by atoms with Gasteiger partial charge < -0.3 is 4.90 Å². The van der Waals surface area contributed by atoms with Crippen molar-refractivity contribution in [1.82, 2.24) is 4.90 Å². The number of unbranched alkanes of at least 4 members (excludes halogenated alkanes) is 1. The van der Waals surface area contributed by atoms with Gasteiger partial charge in [0.25, 0.3) is 5.91 Å². The lowest BCUT2D eigenvalue weighted by atomic mass is 10.1. The van der Waals surface area contributed by atoms with E-state index in [1.165, 1.54) is 17.1 Å². The summed E-state index contributed by atoms with van der Waals surface area (Å²) in [5.74, 6) is 2.63. The van der Waals surface area contributed by atoms with E-state index in [4.69, 9.17) is 0 Å². The summed E-state index contributed by atoms with van der Waals surface area (Å²) in [6.07, 6.45) is 2.20. The van der Waals surface area contributed by atoms with E-state index in [0.717, 1.165) is 31.5 Å². The Hall–Kier alpha value is -0.610. The number of amides is 1. The number of carbonyl (C=O) groups excluding carboxylic acids is 1. The topological polar surface area (TPSA) is 20.3 Å². The quantitative estimate of drug-likeness (QED) is 0.775. The minimum atomic E-state index is 0.166. The summed E-state index contributed by atoms with van der Waals surface area (Å²) in [5.41, 5.74) is 2.16. The SMILES string of the molecule is CCCCN(CC)C(=O)c1ccc(C2SCCS2)cc1. The number of thioether (sulfide) groups is 2. The molecule has 1 saturated heterocycles. The third kappa shape index (κ3) is 3.95. The average molecular weight is 310 g/mol. The van der Waals surface area contributed by atoms with Crippen LogP contribution in [0.4, 0.5) is 0 Å². The average Bonchev–Trinajstić information content (AvgIpc) is 3.02. The molecule has 1 aromatic rings. The van der Waals surface area contributed by atoms with Crippen LogP contribution in [0.3, 0.4) is 0 Å². The third-order valence-corrected chi connectivity index (χ3v) is 6.61. The Kier molecular flexibility index (Phi) is 6.30. The fourth-order valence-corrected chi connectivity index (χ4v) is 5.13. The molecule has 2 nitrogen and oxygen atoms in total. The van der Waals surface area contributed by atoms with Gasteiger partial charge in [0, 0.05) is 30.2 Å². The molecule has 1 fully saturated rings. The first-order valence-electron chi connectivity index (χ1n) is 7.38. The molecule has 0 aromatic heterocycles. The molecule has 0 radical (unpaired) electrons. The molecule has 0 N–H and O–H groups in total. The summed E-state index contributed by atoms with van der Waals surface area (Å²) in [6.45, 7) is 5.86. The number of carbonyl (C=O) groups is 1. The Bertz CT molecular complexity index is 427. The second kappa shape index (κ2) is 7.99. The normalized spacial score (nSPS) is 15.5. The van der Waals surface area contributed by atoms with Gasteiger partial charge in [-0.05, 0) is 31.0 Å². The molecule has 1 aliphatic rings. The molecule has 4 heteroatoms. The lowest BCUT2D eigenvalue weighted by Crippen LogP contribution is -2.31. The smallest absolute Gasteiger partial charge is 0.253 e. The van der Waals surface area contributed by atoms with Gasteiger partial charge in [-0.15, -0.1) is 23.5 Å². The Morgan fingerprint density at radius 3 is 2.40 bits per heavy atom. The van der Waals surface area contributed by atoms with Gasteiger partial charge in [0.15, 0.2) is 0 Å². The molecule has 0 aliphatic carbocycles. The van der Waals surface area contributed by atoms with Crippen LogP contribution in [0.5, 0.6) is 0 Å². The van der Waals surface area contributed by atoms with Crippen LogP contribution in [-0.2, 0) is 0 Å². The summed E-state index contributed by atoms with van der Waals surface area (Å²) in [4.78, 5) is 14.4. The zero-order valence-corrected chi connectivity index (χ0v) is 13.9. The van der Waals surface area contributed by atoms with Gasteiger partial charge in [-0.3, -0.25) is 4.79 Å². The van der Waals surface area contributed by atoms with E-state index in [1.807, 2.05) is 47.5 Å². The summed E-state index contributed by atoms with van der Waals surface area (Å²) >= 11 is 4.00. The Morgan fingerprint density at radius 1 is 1.20 bits per heavy atom. The minimum absolute atomic E-state index is 0.166. The van der Waals surface area contributed by atoms with Crippen LogP contribution in [0.2, 0.25) is 0 Å². The predicted octanol–water partition coefficient (Wildman–Crippen LogP) is 4.43. The molecule has 1 amide bonds. The zero-order valence-electron chi connectivity index (χ0n) is 12.3. The molecule has 0 atom stereocenters. The van der Waals surface area contributed by atoms with E-state index in [9.17, 15) is 4.79 Å². The van der Waals surface area contributed by atoms with Gasteiger partial charge in [0.05, 0.1) is 4.58 Å². The van der Waals surface area contributed by atoms with E-state index in [0.29, 0.717) is 4.58 Å². The van der Waals surface area contributed by atoms with Crippen LogP contribution in [0, 0.1) is 0 Å². The highest BCUT2D eigenvalue weighted by Crippen LogP contribution is 2.45. The maximum atomic E-state index is 12.4. The maximum absolute atomic E-state index is 12.4. The van der Waals surface area contributed by atoms with E-state index in [2.05, 4.69) is 19.1 Å². The zero-order chi connectivity index (χ0) is 14.4. The van der Waals surface area contributed by atoms with Crippen molar-refractivity contribution in [2.75, 3.05) is 24.6 Å². The monoisotopic (exact) mass is 309 g/mol. The molecular formula is C16H23NOS2. The molecule has 1 aromatic carbocycles. The van der Waals surface area contributed by atoms with Crippen LogP contribution in [-0.4, -0.2) is 35.4 Å². The van der Waals surface area contributed by atoms with Crippen LogP contribution < -0.4 is 0 Å². The van der Waals surface area contributed by atoms with Gasteiger partial charge in [-0.1, -0.05) is 25.5 Å². The first-order chi connectivity index (χ1) is 9.76. The third-order valence-electron chi connectivity index (χ3n) is 3.50. The predicted molar refractivity (Wildman–Crippen MR) is 90.6 cm³/mol. The summed E-state index contributed by atoms with van der Waals surface area (Å²) in [5, 5.41) is 0. The number of hydrogen-bond acceptors (Lipinski definition) is 3. The maximum Gasteiger partial charge on any atom is 0.253 e. The fraction of sp³-hybridized carbons (Fsp3) is 0.562. The molecule has 2 rings (SSSR count). The van der Waals surface area contributed by atoms with Crippen molar-refractivity contribution >= 4 is 29.4 Å². The van der Waals surface area contributed by atoms with Crippen LogP contribution in [0.25, 0.3) is 0 Å². The molecule has 0 bridgehead atoms. The van der Waals surface area contributed by atoms with Gasteiger partial charge in [0.2, 0.25) is 0 Å². The van der Waals surface area contributed by atoms with Crippen LogP contribution in [0.15, 0.2) is 24.3 Å².